The molecule has 1 amide bonds. The Labute approximate surface area is 143 Å². The lowest BCUT2D eigenvalue weighted by Crippen LogP contribution is -2.31. The van der Waals surface area contributed by atoms with Gasteiger partial charge in [0.15, 0.2) is 6.10 Å². The van der Waals surface area contributed by atoms with Crippen molar-refractivity contribution in [3.63, 3.8) is 0 Å². The van der Waals surface area contributed by atoms with Crippen LogP contribution in [0.5, 0.6) is 0 Å². The highest BCUT2D eigenvalue weighted by atomic mass is 79.9. The fourth-order valence-corrected chi connectivity index (χ4v) is 4.13. The van der Waals surface area contributed by atoms with Crippen molar-refractivity contribution in [1.82, 2.24) is 4.31 Å². The van der Waals surface area contributed by atoms with Crippen molar-refractivity contribution in [2.24, 2.45) is 5.73 Å². The molecule has 126 valence electrons. The molecule has 1 atom stereocenters. The second-order valence-electron chi connectivity index (χ2n) is 5.20. The van der Waals surface area contributed by atoms with Crippen LogP contribution in [-0.2, 0) is 19.6 Å². The fraction of sp³-hybridized carbons (Fsp3) is 0.429. The van der Waals surface area contributed by atoms with Crippen LogP contribution in [0.25, 0.3) is 0 Å². The first-order valence-corrected chi connectivity index (χ1v) is 9.27. The highest BCUT2D eigenvalue weighted by Gasteiger charge is 2.29. The van der Waals surface area contributed by atoms with E-state index in [1.165, 1.54) is 29.4 Å². The SMILES string of the molecule is C[C@H](OC(=O)c1cc(S(=O)(=O)N2CCCC2)ccc1Br)C(N)=O. The van der Waals surface area contributed by atoms with Gasteiger partial charge in [-0.05, 0) is 53.9 Å². The smallest absolute Gasteiger partial charge is 0.340 e. The van der Waals surface area contributed by atoms with Crippen LogP contribution in [0.2, 0.25) is 0 Å². The summed E-state index contributed by atoms with van der Waals surface area (Å²) in [5.41, 5.74) is 5.08. The Balaban J connectivity index is 2.32. The Kier molecular flexibility index (Phi) is 5.43. The number of rotatable bonds is 5. The van der Waals surface area contributed by atoms with Gasteiger partial charge in [-0.2, -0.15) is 4.31 Å². The van der Waals surface area contributed by atoms with E-state index in [1.54, 1.807) is 0 Å². The summed E-state index contributed by atoms with van der Waals surface area (Å²) in [6, 6.07) is 4.13. The van der Waals surface area contributed by atoms with Gasteiger partial charge in [-0.25, -0.2) is 13.2 Å². The molecule has 1 aliphatic heterocycles. The normalized spacial score (nSPS) is 17.0. The van der Waals surface area contributed by atoms with Gasteiger partial charge < -0.3 is 10.5 Å². The molecule has 0 radical (unpaired) electrons. The van der Waals surface area contributed by atoms with Crippen LogP contribution >= 0.6 is 15.9 Å². The number of hydrogen-bond donors (Lipinski definition) is 1. The summed E-state index contributed by atoms with van der Waals surface area (Å²) in [6.45, 7) is 2.28. The molecule has 2 N–H and O–H groups in total. The fourth-order valence-electron chi connectivity index (χ4n) is 2.18. The highest BCUT2D eigenvalue weighted by molar-refractivity contribution is 9.10. The molecule has 0 unspecified atom stereocenters. The van der Waals surface area contributed by atoms with Crippen molar-refractivity contribution in [2.75, 3.05) is 13.1 Å². The van der Waals surface area contributed by atoms with E-state index in [0.29, 0.717) is 17.6 Å². The summed E-state index contributed by atoms with van der Waals surface area (Å²) < 4.78 is 31.8. The first-order valence-electron chi connectivity index (χ1n) is 7.03. The first kappa shape index (κ1) is 17.9. The van der Waals surface area contributed by atoms with Gasteiger partial charge in [-0.3, -0.25) is 4.79 Å². The van der Waals surface area contributed by atoms with Gasteiger partial charge in [0.25, 0.3) is 5.91 Å². The Hall–Kier alpha value is -1.45. The van der Waals surface area contributed by atoms with Gasteiger partial charge in [-0.1, -0.05) is 0 Å². The molecule has 1 aromatic carbocycles. The van der Waals surface area contributed by atoms with Crippen LogP contribution in [0.15, 0.2) is 27.6 Å². The molecule has 7 nitrogen and oxygen atoms in total. The van der Waals surface area contributed by atoms with Crippen molar-refractivity contribution in [3.8, 4) is 0 Å². The lowest BCUT2D eigenvalue weighted by atomic mass is 10.2. The zero-order chi connectivity index (χ0) is 17.2. The lowest BCUT2D eigenvalue weighted by molar-refractivity contribution is -0.125. The van der Waals surface area contributed by atoms with Crippen molar-refractivity contribution >= 4 is 37.8 Å². The number of sulfonamides is 1. The maximum atomic E-state index is 12.5. The Morgan fingerprint density at radius 3 is 2.48 bits per heavy atom. The Bertz CT molecular complexity index is 729. The summed E-state index contributed by atoms with van der Waals surface area (Å²) in [5, 5.41) is 0. The summed E-state index contributed by atoms with van der Waals surface area (Å²) in [4.78, 5) is 23.1. The number of carbonyl (C=O) groups excluding carboxylic acids is 2. The number of primary amides is 1. The summed E-state index contributed by atoms with van der Waals surface area (Å²) >= 11 is 3.18. The molecule has 2 rings (SSSR count). The Morgan fingerprint density at radius 2 is 1.91 bits per heavy atom. The largest absolute Gasteiger partial charge is 0.449 e. The number of amides is 1. The number of nitrogens with zero attached hydrogens (tertiary/aromatic N) is 1. The van der Waals surface area contributed by atoms with E-state index >= 15 is 0 Å². The van der Waals surface area contributed by atoms with E-state index in [4.69, 9.17) is 10.5 Å². The van der Waals surface area contributed by atoms with Gasteiger partial charge in [0.2, 0.25) is 10.0 Å². The van der Waals surface area contributed by atoms with Gasteiger partial charge in [0.1, 0.15) is 0 Å². The number of carbonyl (C=O) groups is 2. The van der Waals surface area contributed by atoms with Crippen molar-refractivity contribution in [1.29, 1.82) is 0 Å². The molecular formula is C14H17BrN2O5S. The van der Waals surface area contributed by atoms with E-state index in [0.717, 1.165) is 12.8 Å². The number of nitrogens with two attached hydrogens (primary N) is 1. The molecule has 9 heteroatoms. The van der Waals surface area contributed by atoms with Crippen molar-refractivity contribution < 1.29 is 22.7 Å². The minimum atomic E-state index is -3.64. The molecule has 1 aliphatic rings. The number of halogens is 1. The maximum absolute atomic E-state index is 12.5. The van der Waals surface area contributed by atoms with Gasteiger partial charge in [0, 0.05) is 17.6 Å². The van der Waals surface area contributed by atoms with E-state index < -0.39 is 28.0 Å². The molecule has 1 heterocycles. The standard InChI is InChI=1S/C14H17BrN2O5S/c1-9(13(16)18)22-14(19)11-8-10(4-5-12(11)15)23(20,21)17-6-2-3-7-17/h4-5,8-9H,2-3,6-7H2,1H3,(H2,16,18)/t9-/m0/s1. The molecule has 0 aromatic heterocycles. The van der Waals surface area contributed by atoms with Crippen LogP contribution in [0.1, 0.15) is 30.1 Å². The minimum absolute atomic E-state index is 0.0151. The van der Waals surface area contributed by atoms with Gasteiger partial charge in [-0.15, -0.1) is 0 Å². The van der Waals surface area contributed by atoms with Gasteiger partial charge in [0.05, 0.1) is 10.5 Å². The average Bonchev–Trinajstić information content (AvgIpc) is 3.02. The van der Waals surface area contributed by atoms with E-state index in [-0.39, 0.29) is 10.5 Å². The Morgan fingerprint density at radius 1 is 1.30 bits per heavy atom. The molecule has 0 aliphatic carbocycles. The second kappa shape index (κ2) is 6.98. The summed E-state index contributed by atoms with van der Waals surface area (Å²) in [6.07, 6.45) is 0.537. The number of esters is 1. The highest BCUT2D eigenvalue weighted by Crippen LogP contribution is 2.26. The number of benzene rings is 1. The van der Waals surface area contributed by atoms with Gasteiger partial charge >= 0.3 is 5.97 Å². The zero-order valence-corrected chi connectivity index (χ0v) is 14.9. The van der Waals surface area contributed by atoms with Crippen LogP contribution in [0, 0.1) is 0 Å². The topological polar surface area (TPSA) is 107 Å². The van der Waals surface area contributed by atoms with Crippen molar-refractivity contribution in [2.45, 2.75) is 30.8 Å². The molecule has 0 spiro atoms. The third-order valence-electron chi connectivity index (χ3n) is 3.55. The summed E-state index contributed by atoms with van der Waals surface area (Å²) in [7, 11) is -3.64. The predicted molar refractivity (Wildman–Crippen MR) is 86.2 cm³/mol. The maximum Gasteiger partial charge on any atom is 0.340 e. The molecule has 23 heavy (non-hydrogen) atoms. The third-order valence-corrected chi connectivity index (χ3v) is 6.13. The van der Waals surface area contributed by atoms with E-state index in [2.05, 4.69) is 15.9 Å². The molecule has 1 aromatic rings. The molecular weight excluding hydrogens is 388 g/mol. The zero-order valence-electron chi connectivity index (χ0n) is 12.5. The van der Waals surface area contributed by atoms with E-state index in [9.17, 15) is 18.0 Å². The average molecular weight is 405 g/mol. The molecule has 1 fully saturated rings. The monoisotopic (exact) mass is 404 g/mol. The quantitative estimate of drug-likeness (QED) is 0.743. The van der Waals surface area contributed by atoms with Crippen LogP contribution in [-0.4, -0.2) is 43.8 Å². The second-order valence-corrected chi connectivity index (χ2v) is 8.00. The van der Waals surface area contributed by atoms with Crippen molar-refractivity contribution in [3.05, 3.63) is 28.2 Å². The summed E-state index contributed by atoms with van der Waals surface area (Å²) in [5.74, 6) is -1.60. The first-order chi connectivity index (χ1) is 10.7. The predicted octanol–water partition coefficient (Wildman–Crippen LogP) is 1.26. The number of ether oxygens (including phenoxy) is 1. The van der Waals surface area contributed by atoms with Crippen LogP contribution < -0.4 is 5.73 Å². The van der Waals surface area contributed by atoms with E-state index in [1.807, 2.05) is 0 Å². The van der Waals surface area contributed by atoms with Crippen LogP contribution in [0.3, 0.4) is 0 Å². The molecule has 0 saturated carbocycles. The lowest BCUT2D eigenvalue weighted by Gasteiger charge is -2.17. The van der Waals surface area contributed by atoms with Crippen LogP contribution in [0.4, 0.5) is 0 Å². The number of hydrogen-bond acceptors (Lipinski definition) is 5. The molecule has 1 saturated heterocycles. The third kappa shape index (κ3) is 3.91. The molecule has 0 bridgehead atoms. The minimum Gasteiger partial charge on any atom is -0.449 e.